The summed E-state index contributed by atoms with van der Waals surface area (Å²) in [5, 5.41) is 11.7. The molecule has 1 fully saturated rings. The van der Waals surface area contributed by atoms with Crippen LogP contribution in [0.25, 0.3) is 10.9 Å². The molecule has 0 saturated carbocycles. The maximum absolute atomic E-state index is 13.0. The lowest BCUT2D eigenvalue weighted by Crippen LogP contribution is -2.45. The number of fused-ring (bicyclic) bond motifs is 1. The van der Waals surface area contributed by atoms with Gasteiger partial charge in [0.05, 0.1) is 11.1 Å². The van der Waals surface area contributed by atoms with Crippen LogP contribution in [0.5, 0.6) is 0 Å². The predicted molar refractivity (Wildman–Crippen MR) is 134 cm³/mol. The molecule has 0 unspecified atom stereocenters. The number of nitrogens with zero attached hydrogens (tertiary/aromatic N) is 2. The van der Waals surface area contributed by atoms with Crippen molar-refractivity contribution in [3.8, 4) is 0 Å². The van der Waals surface area contributed by atoms with Gasteiger partial charge in [-0.25, -0.2) is 8.42 Å². The monoisotopic (exact) mass is 487 g/mol. The zero-order valence-electron chi connectivity index (χ0n) is 19.0. The third kappa shape index (κ3) is 4.62. The molecule has 178 valence electrons. The Balaban J connectivity index is 1.27. The second kappa shape index (κ2) is 9.13. The number of sulfonamides is 1. The van der Waals surface area contributed by atoms with Crippen LogP contribution in [0.2, 0.25) is 0 Å². The zero-order valence-corrected chi connectivity index (χ0v) is 19.8. The van der Waals surface area contributed by atoms with Crippen molar-refractivity contribution in [3.05, 3.63) is 102 Å². The normalized spacial score (nSPS) is 15.6. The molecule has 2 heterocycles. The second-order valence-electron chi connectivity index (χ2n) is 8.70. The predicted octanol–water partition coefficient (Wildman–Crippen LogP) is 4.16. The van der Waals surface area contributed by atoms with Crippen molar-refractivity contribution in [2.45, 2.75) is 23.3 Å². The number of anilines is 1. The van der Waals surface area contributed by atoms with Crippen LogP contribution in [-0.4, -0.2) is 42.4 Å². The topological polar surface area (TPSA) is 99.6 Å². The number of likely N-dealkylation sites (tertiary alicyclic amines) is 1. The van der Waals surface area contributed by atoms with Gasteiger partial charge >= 0.3 is 0 Å². The number of aromatic nitrogens is 1. The smallest absolute Gasteiger partial charge is 0.264 e. The minimum Gasteiger partial charge on any atom is -0.385 e. The van der Waals surface area contributed by atoms with Crippen LogP contribution in [0.15, 0.2) is 96.0 Å². The number of para-hydroxylation sites is 1. The van der Waals surface area contributed by atoms with Gasteiger partial charge in [-0.1, -0.05) is 48.5 Å². The number of pyridine rings is 1. The van der Waals surface area contributed by atoms with Crippen molar-refractivity contribution >= 4 is 32.5 Å². The standard InChI is InChI=1S/C27H25N3O4S/c31-26(30-18-15-27(32,16-19-30)22-8-2-1-3-9-22)21-11-13-23(14-12-21)29-35(33,34)24-10-4-6-20-7-5-17-28-25(20)24/h1-14,17,29,32H,15-16,18-19H2. The number of carbonyl (C=O) groups excluding carboxylic acids is 1. The van der Waals surface area contributed by atoms with Gasteiger partial charge in [-0.3, -0.25) is 14.5 Å². The van der Waals surface area contributed by atoms with Gasteiger partial charge in [0, 0.05) is 35.9 Å². The van der Waals surface area contributed by atoms with E-state index in [9.17, 15) is 18.3 Å². The minimum atomic E-state index is -3.87. The Morgan fingerprint density at radius 1 is 0.886 bits per heavy atom. The van der Waals surface area contributed by atoms with Crippen LogP contribution in [0.4, 0.5) is 5.69 Å². The van der Waals surface area contributed by atoms with E-state index in [2.05, 4.69) is 9.71 Å². The number of piperidine rings is 1. The molecule has 1 amide bonds. The first kappa shape index (κ1) is 23.0. The molecule has 0 radical (unpaired) electrons. The van der Waals surface area contributed by atoms with Gasteiger partial charge in [0.25, 0.3) is 15.9 Å². The van der Waals surface area contributed by atoms with Crippen molar-refractivity contribution in [2.24, 2.45) is 0 Å². The van der Waals surface area contributed by atoms with E-state index in [1.165, 1.54) is 6.07 Å². The van der Waals surface area contributed by atoms with E-state index in [1.807, 2.05) is 42.5 Å². The summed E-state index contributed by atoms with van der Waals surface area (Å²) in [6.45, 7) is 0.874. The van der Waals surface area contributed by atoms with Gasteiger partial charge in [0.15, 0.2) is 0 Å². The molecule has 0 bridgehead atoms. The number of rotatable bonds is 5. The largest absolute Gasteiger partial charge is 0.385 e. The van der Waals surface area contributed by atoms with Crippen molar-refractivity contribution in [1.82, 2.24) is 9.88 Å². The van der Waals surface area contributed by atoms with Gasteiger partial charge < -0.3 is 10.0 Å². The van der Waals surface area contributed by atoms with E-state index in [1.54, 1.807) is 47.5 Å². The summed E-state index contributed by atoms with van der Waals surface area (Å²) >= 11 is 0. The van der Waals surface area contributed by atoms with Crippen molar-refractivity contribution < 1.29 is 18.3 Å². The summed E-state index contributed by atoms with van der Waals surface area (Å²) in [6.07, 6.45) is 2.47. The Morgan fingerprint density at radius 3 is 2.29 bits per heavy atom. The first-order valence-electron chi connectivity index (χ1n) is 11.4. The van der Waals surface area contributed by atoms with Crippen LogP contribution >= 0.6 is 0 Å². The fourth-order valence-corrected chi connectivity index (χ4v) is 5.72. The summed E-state index contributed by atoms with van der Waals surface area (Å²) < 4.78 is 28.6. The third-order valence-corrected chi connectivity index (χ3v) is 7.87. The van der Waals surface area contributed by atoms with E-state index in [4.69, 9.17) is 0 Å². The molecule has 1 saturated heterocycles. The molecule has 8 heteroatoms. The average molecular weight is 488 g/mol. The lowest BCUT2D eigenvalue weighted by Gasteiger charge is -2.38. The van der Waals surface area contributed by atoms with Gasteiger partial charge in [0.2, 0.25) is 0 Å². The number of hydrogen-bond donors (Lipinski definition) is 2. The molecule has 35 heavy (non-hydrogen) atoms. The van der Waals surface area contributed by atoms with E-state index in [0.717, 1.165) is 10.9 Å². The Bertz CT molecular complexity index is 1460. The number of benzene rings is 3. The van der Waals surface area contributed by atoms with E-state index in [-0.39, 0.29) is 10.8 Å². The zero-order chi connectivity index (χ0) is 24.5. The molecule has 1 aromatic heterocycles. The highest BCUT2D eigenvalue weighted by Crippen LogP contribution is 2.33. The molecule has 0 spiro atoms. The SMILES string of the molecule is O=C(c1ccc(NS(=O)(=O)c2cccc3cccnc23)cc1)N1CCC(O)(c2ccccc2)CC1. The van der Waals surface area contributed by atoms with Gasteiger partial charge in [-0.2, -0.15) is 0 Å². The average Bonchev–Trinajstić information content (AvgIpc) is 2.89. The molecule has 2 N–H and O–H groups in total. The summed E-state index contributed by atoms with van der Waals surface area (Å²) in [6, 6.07) is 24.5. The second-order valence-corrected chi connectivity index (χ2v) is 10.4. The lowest BCUT2D eigenvalue weighted by molar-refractivity contribution is -0.0211. The summed E-state index contributed by atoms with van der Waals surface area (Å²) in [7, 11) is -3.87. The van der Waals surface area contributed by atoms with Gasteiger partial charge in [-0.05, 0) is 54.8 Å². The number of amides is 1. The molecule has 0 atom stereocenters. The van der Waals surface area contributed by atoms with Gasteiger partial charge in [-0.15, -0.1) is 0 Å². The first-order chi connectivity index (χ1) is 16.9. The number of aliphatic hydroxyl groups is 1. The van der Waals surface area contributed by atoms with Crippen LogP contribution in [0.1, 0.15) is 28.8 Å². The molecule has 4 aromatic rings. The third-order valence-electron chi connectivity index (χ3n) is 6.46. The molecule has 7 nitrogen and oxygen atoms in total. The van der Waals surface area contributed by atoms with Crippen molar-refractivity contribution in [1.29, 1.82) is 0 Å². The molecule has 1 aliphatic heterocycles. The van der Waals surface area contributed by atoms with Crippen LogP contribution in [0.3, 0.4) is 0 Å². The molecule has 3 aromatic carbocycles. The minimum absolute atomic E-state index is 0.0926. The maximum Gasteiger partial charge on any atom is 0.264 e. The summed E-state index contributed by atoms with van der Waals surface area (Å²) in [4.78, 5) is 19.0. The number of carbonyl (C=O) groups is 1. The summed E-state index contributed by atoms with van der Waals surface area (Å²) in [5.74, 6) is -0.146. The maximum atomic E-state index is 13.0. The van der Waals surface area contributed by atoms with Crippen molar-refractivity contribution in [2.75, 3.05) is 17.8 Å². The number of hydrogen-bond acceptors (Lipinski definition) is 5. The van der Waals surface area contributed by atoms with Crippen LogP contribution < -0.4 is 4.72 Å². The Hall–Kier alpha value is -3.75. The molecular weight excluding hydrogens is 462 g/mol. The van der Waals surface area contributed by atoms with Crippen LogP contribution in [-0.2, 0) is 15.6 Å². The molecule has 5 rings (SSSR count). The van der Waals surface area contributed by atoms with E-state index in [0.29, 0.717) is 42.7 Å². The van der Waals surface area contributed by atoms with Crippen LogP contribution in [0, 0.1) is 0 Å². The molecule has 1 aliphatic rings. The van der Waals surface area contributed by atoms with E-state index >= 15 is 0 Å². The highest BCUT2D eigenvalue weighted by Gasteiger charge is 2.35. The highest BCUT2D eigenvalue weighted by molar-refractivity contribution is 7.93. The van der Waals surface area contributed by atoms with Crippen molar-refractivity contribution in [3.63, 3.8) is 0 Å². The highest BCUT2D eigenvalue weighted by atomic mass is 32.2. The summed E-state index contributed by atoms with van der Waals surface area (Å²) in [5.41, 5.74) is 1.15. The Kier molecular flexibility index (Phi) is 6.00. The quantitative estimate of drug-likeness (QED) is 0.440. The fourth-order valence-electron chi connectivity index (χ4n) is 4.48. The lowest BCUT2D eigenvalue weighted by atomic mass is 9.84. The van der Waals surface area contributed by atoms with E-state index < -0.39 is 15.6 Å². The van der Waals surface area contributed by atoms with Gasteiger partial charge in [0.1, 0.15) is 4.90 Å². The Morgan fingerprint density at radius 2 is 1.57 bits per heavy atom. The molecule has 0 aliphatic carbocycles. The first-order valence-corrected chi connectivity index (χ1v) is 12.9. The number of nitrogens with one attached hydrogen (secondary N) is 1. The fraction of sp³-hybridized carbons (Fsp3) is 0.185. The Labute approximate surface area is 204 Å². The molecular formula is C27H25N3O4S.